The summed E-state index contributed by atoms with van der Waals surface area (Å²) in [5.41, 5.74) is -0.413. The molecule has 1 fully saturated rings. The first kappa shape index (κ1) is 14.1. The highest BCUT2D eigenvalue weighted by molar-refractivity contribution is 5.68. The maximum absolute atomic E-state index is 11.6. The second-order valence-electron chi connectivity index (χ2n) is 5.89. The van der Waals surface area contributed by atoms with Gasteiger partial charge >= 0.3 is 6.09 Å². The number of carbonyl (C=O) groups excluding carboxylic acids is 1. The van der Waals surface area contributed by atoms with E-state index in [9.17, 15) is 4.79 Å². The smallest absolute Gasteiger partial charge is 0.407 e. The quantitative estimate of drug-likeness (QED) is 0.763. The minimum absolute atomic E-state index is 0.283. The molecule has 3 nitrogen and oxygen atoms in total. The lowest BCUT2D eigenvalue weighted by Crippen LogP contribution is -2.40. The Morgan fingerprint density at radius 2 is 1.94 bits per heavy atom. The molecule has 98 valence electrons. The summed E-state index contributed by atoms with van der Waals surface area (Å²) in [6.45, 7) is 9.42. The number of nitrogens with one attached hydrogen (secondary N) is 1. The summed E-state index contributed by atoms with van der Waals surface area (Å²) in [7, 11) is 0. The van der Waals surface area contributed by atoms with E-state index in [-0.39, 0.29) is 12.1 Å². The van der Waals surface area contributed by atoms with Crippen molar-refractivity contribution in [3.05, 3.63) is 12.7 Å². The molecule has 0 aliphatic heterocycles. The molecule has 0 heterocycles. The van der Waals surface area contributed by atoms with Crippen LogP contribution in [0.3, 0.4) is 0 Å². The number of amides is 1. The number of hydrogen-bond acceptors (Lipinski definition) is 2. The van der Waals surface area contributed by atoms with Crippen LogP contribution < -0.4 is 5.32 Å². The molecule has 0 saturated heterocycles. The topological polar surface area (TPSA) is 38.3 Å². The minimum atomic E-state index is -0.413. The third-order valence-electron chi connectivity index (χ3n) is 3.07. The zero-order chi connectivity index (χ0) is 12.9. The summed E-state index contributed by atoms with van der Waals surface area (Å²) in [4.78, 5) is 11.6. The van der Waals surface area contributed by atoms with E-state index in [1.165, 1.54) is 12.8 Å². The highest BCUT2D eigenvalue weighted by Crippen LogP contribution is 2.27. The first-order valence-corrected chi connectivity index (χ1v) is 6.51. The lowest BCUT2D eigenvalue weighted by atomic mass is 9.84. The van der Waals surface area contributed by atoms with Gasteiger partial charge in [0.25, 0.3) is 0 Å². The summed E-state index contributed by atoms with van der Waals surface area (Å²) in [5.74, 6) is 0.754. The van der Waals surface area contributed by atoms with Gasteiger partial charge in [-0.1, -0.05) is 6.08 Å². The van der Waals surface area contributed by atoms with E-state index in [1.807, 2.05) is 26.8 Å². The van der Waals surface area contributed by atoms with Gasteiger partial charge in [-0.15, -0.1) is 6.58 Å². The lowest BCUT2D eigenvalue weighted by Gasteiger charge is -2.29. The van der Waals surface area contributed by atoms with Crippen molar-refractivity contribution in [3.63, 3.8) is 0 Å². The molecule has 1 N–H and O–H groups in total. The van der Waals surface area contributed by atoms with Crippen LogP contribution in [0.5, 0.6) is 0 Å². The molecule has 0 spiro atoms. The first-order chi connectivity index (χ1) is 7.90. The van der Waals surface area contributed by atoms with E-state index in [0.717, 1.165) is 25.2 Å². The summed E-state index contributed by atoms with van der Waals surface area (Å²) < 4.78 is 5.25. The lowest BCUT2D eigenvalue weighted by molar-refractivity contribution is 0.0487. The second kappa shape index (κ2) is 6.08. The van der Waals surface area contributed by atoms with Crippen LogP contribution in [0.25, 0.3) is 0 Å². The molecule has 1 saturated carbocycles. The summed E-state index contributed by atoms with van der Waals surface area (Å²) in [6.07, 6.45) is 7.25. The zero-order valence-corrected chi connectivity index (χ0v) is 11.3. The van der Waals surface area contributed by atoms with Gasteiger partial charge in [0.15, 0.2) is 0 Å². The van der Waals surface area contributed by atoms with Gasteiger partial charge in [0.05, 0.1) is 0 Å². The largest absolute Gasteiger partial charge is 0.444 e. The van der Waals surface area contributed by atoms with Crippen molar-refractivity contribution in [2.75, 3.05) is 0 Å². The molecule has 0 bridgehead atoms. The molecule has 1 aliphatic carbocycles. The van der Waals surface area contributed by atoms with Crippen molar-refractivity contribution < 1.29 is 9.53 Å². The Balaban J connectivity index is 2.26. The molecule has 0 unspecified atom stereocenters. The fraction of sp³-hybridized carbons (Fsp3) is 0.786. The standard InChI is InChI=1S/C14H25NO2/c1-5-6-11-7-9-12(10-8-11)15-13(16)17-14(2,3)4/h5,11-12H,1,6-10H2,2-4H3,(H,15,16). The number of carbonyl (C=O) groups is 1. The Hall–Kier alpha value is -0.990. The van der Waals surface area contributed by atoms with Crippen LogP contribution in [-0.2, 0) is 4.74 Å². The highest BCUT2D eigenvalue weighted by atomic mass is 16.6. The second-order valence-corrected chi connectivity index (χ2v) is 5.89. The SMILES string of the molecule is C=CCC1CCC(NC(=O)OC(C)(C)C)CC1. The van der Waals surface area contributed by atoms with E-state index >= 15 is 0 Å². The summed E-state index contributed by atoms with van der Waals surface area (Å²) in [6, 6.07) is 0.283. The Morgan fingerprint density at radius 1 is 1.35 bits per heavy atom. The number of allylic oxidation sites excluding steroid dienone is 1. The number of hydrogen-bond donors (Lipinski definition) is 1. The van der Waals surface area contributed by atoms with Gasteiger partial charge in [-0.3, -0.25) is 0 Å². The maximum Gasteiger partial charge on any atom is 0.407 e. The molecule has 0 aromatic heterocycles. The van der Waals surface area contributed by atoms with Gasteiger partial charge < -0.3 is 10.1 Å². The fourth-order valence-electron chi connectivity index (χ4n) is 2.25. The molecule has 0 radical (unpaired) electrons. The van der Waals surface area contributed by atoms with Crippen molar-refractivity contribution >= 4 is 6.09 Å². The predicted octanol–water partition coefficient (Wildman–Crippen LogP) is 3.65. The normalized spacial score (nSPS) is 25.1. The van der Waals surface area contributed by atoms with Gasteiger partial charge in [0.2, 0.25) is 0 Å². The predicted molar refractivity (Wildman–Crippen MR) is 69.9 cm³/mol. The molecule has 17 heavy (non-hydrogen) atoms. The number of alkyl carbamates (subject to hydrolysis) is 1. The van der Waals surface area contributed by atoms with Gasteiger partial charge in [-0.25, -0.2) is 4.79 Å². The summed E-state index contributed by atoms with van der Waals surface area (Å²) >= 11 is 0. The Labute approximate surface area is 105 Å². The molecular formula is C14H25NO2. The van der Waals surface area contributed by atoms with Crippen LogP contribution in [0, 0.1) is 5.92 Å². The van der Waals surface area contributed by atoms with Gasteiger partial charge in [-0.05, 0) is 58.8 Å². The molecule has 0 atom stereocenters. The third-order valence-corrected chi connectivity index (χ3v) is 3.07. The maximum atomic E-state index is 11.6. The molecule has 0 aromatic rings. The molecule has 1 rings (SSSR count). The van der Waals surface area contributed by atoms with E-state index in [0.29, 0.717) is 0 Å². The highest BCUT2D eigenvalue weighted by Gasteiger charge is 2.23. The third kappa shape index (κ3) is 5.76. The summed E-state index contributed by atoms with van der Waals surface area (Å²) in [5, 5.41) is 2.95. The monoisotopic (exact) mass is 239 g/mol. The Kier molecular flexibility index (Phi) is 5.03. The van der Waals surface area contributed by atoms with E-state index in [2.05, 4.69) is 11.9 Å². The minimum Gasteiger partial charge on any atom is -0.444 e. The van der Waals surface area contributed by atoms with E-state index in [1.54, 1.807) is 0 Å². The van der Waals surface area contributed by atoms with Crippen LogP contribution in [0.2, 0.25) is 0 Å². The van der Waals surface area contributed by atoms with Gasteiger partial charge in [0.1, 0.15) is 5.60 Å². The molecule has 3 heteroatoms. The average Bonchev–Trinajstić information content (AvgIpc) is 2.18. The average molecular weight is 239 g/mol. The van der Waals surface area contributed by atoms with Crippen molar-refractivity contribution in [1.29, 1.82) is 0 Å². The molecular weight excluding hydrogens is 214 g/mol. The fourth-order valence-corrected chi connectivity index (χ4v) is 2.25. The van der Waals surface area contributed by atoms with Gasteiger partial charge in [0, 0.05) is 6.04 Å². The van der Waals surface area contributed by atoms with E-state index in [4.69, 9.17) is 4.74 Å². The Morgan fingerprint density at radius 3 is 2.41 bits per heavy atom. The van der Waals surface area contributed by atoms with Crippen molar-refractivity contribution in [3.8, 4) is 0 Å². The van der Waals surface area contributed by atoms with E-state index < -0.39 is 5.60 Å². The van der Waals surface area contributed by atoms with Crippen molar-refractivity contribution in [2.24, 2.45) is 5.92 Å². The first-order valence-electron chi connectivity index (χ1n) is 6.51. The zero-order valence-electron chi connectivity index (χ0n) is 11.3. The van der Waals surface area contributed by atoms with Crippen LogP contribution in [0.4, 0.5) is 4.79 Å². The van der Waals surface area contributed by atoms with Crippen molar-refractivity contribution in [1.82, 2.24) is 5.32 Å². The number of rotatable bonds is 3. The molecule has 1 aliphatic rings. The van der Waals surface area contributed by atoms with Crippen LogP contribution in [0.1, 0.15) is 52.9 Å². The Bertz CT molecular complexity index is 260. The van der Waals surface area contributed by atoms with Crippen molar-refractivity contribution in [2.45, 2.75) is 64.5 Å². The molecule has 1 amide bonds. The number of ether oxygens (including phenoxy) is 1. The molecule has 0 aromatic carbocycles. The van der Waals surface area contributed by atoms with Crippen LogP contribution in [-0.4, -0.2) is 17.7 Å². The van der Waals surface area contributed by atoms with Gasteiger partial charge in [-0.2, -0.15) is 0 Å². The van der Waals surface area contributed by atoms with Crippen LogP contribution >= 0.6 is 0 Å². The van der Waals surface area contributed by atoms with Crippen LogP contribution in [0.15, 0.2) is 12.7 Å².